The molecule has 3 rings (SSSR count). The van der Waals surface area contributed by atoms with Gasteiger partial charge in [-0.2, -0.15) is 0 Å². The normalized spacial score (nSPS) is 13.2. The highest BCUT2D eigenvalue weighted by molar-refractivity contribution is 5.89. The van der Waals surface area contributed by atoms with Crippen LogP contribution in [0.5, 0.6) is 5.75 Å². The number of anilines is 1. The van der Waals surface area contributed by atoms with Crippen molar-refractivity contribution in [1.82, 2.24) is 30.2 Å². The van der Waals surface area contributed by atoms with Gasteiger partial charge >= 0.3 is 0 Å². The molecule has 0 aliphatic rings. The van der Waals surface area contributed by atoms with Crippen LogP contribution in [-0.4, -0.2) is 82.1 Å². The number of aryl methyl sites for hydroxylation is 1. The average molecular weight is 544 g/mol. The number of aliphatic hydroxyl groups is 1. The fourth-order valence-corrected chi connectivity index (χ4v) is 4.06. The van der Waals surface area contributed by atoms with Gasteiger partial charge in [-0.25, -0.2) is 4.98 Å². The molecule has 12 heteroatoms. The molecule has 0 bridgehead atoms. The molecule has 3 aromatic rings. The van der Waals surface area contributed by atoms with Crippen LogP contribution >= 0.6 is 0 Å². The van der Waals surface area contributed by atoms with Crippen molar-refractivity contribution in [2.75, 3.05) is 38.7 Å². The number of rotatable bonds is 15. The van der Waals surface area contributed by atoms with Crippen molar-refractivity contribution < 1.29 is 24.2 Å². The van der Waals surface area contributed by atoms with Crippen LogP contribution in [0.25, 0.3) is 16.7 Å². The molecule has 0 unspecified atom stereocenters. The molecule has 2 amide bonds. The zero-order valence-electron chi connectivity index (χ0n) is 23.7. The Labute approximate surface area is 228 Å². The molecule has 39 heavy (non-hydrogen) atoms. The summed E-state index contributed by atoms with van der Waals surface area (Å²) in [5, 5.41) is 27.4. The number of nitrogens with zero attached hydrogens (tertiary/aromatic N) is 4. The van der Waals surface area contributed by atoms with Crippen molar-refractivity contribution in [2.24, 2.45) is 11.8 Å². The number of carbonyl (C=O) groups excluding carboxylic acids is 2. The number of hydrogen-bond donors (Lipinski definition) is 4. The summed E-state index contributed by atoms with van der Waals surface area (Å²) >= 11 is 0. The van der Waals surface area contributed by atoms with E-state index in [-0.39, 0.29) is 17.7 Å². The second kappa shape index (κ2) is 14.0. The van der Waals surface area contributed by atoms with E-state index in [1.54, 1.807) is 21.0 Å². The van der Waals surface area contributed by atoms with E-state index in [0.29, 0.717) is 43.5 Å². The number of hydrogen-bond acceptors (Lipinski definition) is 9. The van der Waals surface area contributed by atoms with Crippen molar-refractivity contribution in [3.05, 3.63) is 24.0 Å². The van der Waals surface area contributed by atoms with E-state index in [0.717, 1.165) is 29.7 Å². The highest BCUT2D eigenvalue weighted by Crippen LogP contribution is 2.25. The molecule has 12 nitrogen and oxygen atoms in total. The molecular formula is C27H41N7O5. The van der Waals surface area contributed by atoms with Crippen LogP contribution in [0.2, 0.25) is 0 Å². The maximum Gasteiger partial charge on any atom is 0.249 e. The van der Waals surface area contributed by atoms with Crippen LogP contribution in [-0.2, 0) is 14.3 Å². The smallest absolute Gasteiger partial charge is 0.249 e. The maximum absolute atomic E-state index is 12.7. The molecule has 0 saturated carbocycles. The standard InChI is InChI=1S/C27H41N7O5/c1-16(2)22(31-27(37)23(35)17(3)4)26(36)29-12-8-7-11-28-24-25-33-32-18(5)34(25)21-10-9-19(15-20(21)30-24)39-14-13-38-6/h9-10,15-17,22-23,35H,7-8,11-14H2,1-6H3,(H,28,30)(H,29,36)(H,31,37)/t22-,23+/m1/s1. The van der Waals surface area contributed by atoms with Gasteiger partial charge in [-0.1, -0.05) is 27.7 Å². The first kappa shape index (κ1) is 30.0. The monoisotopic (exact) mass is 543 g/mol. The maximum atomic E-state index is 12.7. The lowest BCUT2D eigenvalue weighted by Crippen LogP contribution is -2.53. The van der Waals surface area contributed by atoms with Crippen LogP contribution in [0.4, 0.5) is 5.82 Å². The lowest BCUT2D eigenvalue weighted by atomic mass is 10.0. The van der Waals surface area contributed by atoms with Crippen molar-refractivity contribution in [1.29, 1.82) is 0 Å². The summed E-state index contributed by atoms with van der Waals surface area (Å²) in [6.07, 6.45) is 0.341. The van der Waals surface area contributed by atoms with Crippen LogP contribution in [0.3, 0.4) is 0 Å². The van der Waals surface area contributed by atoms with E-state index in [4.69, 9.17) is 14.5 Å². The van der Waals surface area contributed by atoms with Gasteiger partial charge in [0.25, 0.3) is 0 Å². The fraction of sp³-hybridized carbons (Fsp3) is 0.593. The molecule has 2 atom stereocenters. The molecule has 0 fully saturated rings. The lowest BCUT2D eigenvalue weighted by Gasteiger charge is -2.24. The third kappa shape index (κ3) is 7.76. The molecule has 4 N–H and O–H groups in total. The molecule has 2 heterocycles. The number of aliphatic hydroxyl groups excluding tert-OH is 1. The van der Waals surface area contributed by atoms with Crippen LogP contribution in [0.1, 0.15) is 46.4 Å². The van der Waals surface area contributed by atoms with Gasteiger partial charge < -0.3 is 30.5 Å². The van der Waals surface area contributed by atoms with Crippen LogP contribution < -0.4 is 20.7 Å². The number of fused-ring (bicyclic) bond motifs is 3. The number of nitrogens with one attached hydrogen (secondary N) is 3. The van der Waals surface area contributed by atoms with Crippen molar-refractivity contribution in [2.45, 2.75) is 59.6 Å². The Kier molecular flexibility index (Phi) is 10.8. The van der Waals surface area contributed by atoms with Crippen LogP contribution in [0.15, 0.2) is 18.2 Å². The Hall–Kier alpha value is -3.51. The SMILES string of the molecule is COCCOc1ccc2c(c1)nc(NCCCCNC(=O)[C@H](NC(=O)[C@@H](O)C(C)C)C(C)C)c1nnc(C)n12. The average Bonchev–Trinajstić information content (AvgIpc) is 3.30. The first-order valence-electron chi connectivity index (χ1n) is 13.4. The summed E-state index contributed by atoms with van der Waals surface area (Å²) in [7, 11) is 1.63. The summed E-state index contributed by atoms with van der Waals surface area (Å²) in [6, 6.07) is 5.01. The number of benzene rings is 1. The highest BCUT2D eigenvalue weighted by atomic mass is 16.5. The summed E-state index contributed by atoms with van der Waals surface area (Å²) in [5.74, 6) is 0.931. The topological polar surface area (TPSA) is 152 Å². The zero-order chi connectivity index (χ0) is 28.5. The Morgan fingerprint density at radius 3 is 2.46 bits per heavy atom. The Bertz CT molecular complexity index is 1260. The number of carbonyl (C=O) groups is 2. The van der Waals surface area contributed by atoms with E-state index >= 15 is 0 Å². The number of amides is 2. The Balaban J connectivity index is 1.56. The summed E-state index contributed by atoms with van der Waals surface area (Å²) in [6.45, 7) is 11.1. The van der Waals surface area contributed by atoms with Gasteiger partial charge in [0.1, 0.15) is 30.3 Å². The molecule has 0 spiro atoms. The Morgan fingerprint density at radius 1 is 1.03 bits per heavy atom. The van der Waals surface area contributed by atoms with Crippen molar-refractivity contribution >= 4 is 34.3 Å². The first-order chi connectivity index (χ1) is 18.6. The van der Waals surface area contributed by atoms with Crippen molar-refractivity contribution in [3.63, 3.8) is 0 Å². The largest absolute Gasteiger partial charge is 0.491 e. The minimum absolute atomic E-state index is 0.117. The van der Waals surface area contributed by atoms with E-state index in [9.17, 15) is 14.7 Å². The Morgan fingerprint density at radius 2 is 1.77 bits per heavy atom. The molecule has 1 aromatic carbocycles. The predicted molar refractivity (Wildman–Crippen MR) is 149 cm³/mol. The number of ether oxygens (including phenoxy) is 2. The van der Waals surface area contributed by atoms with Crippen molar-refractivity contribution in [3.8, 4) is 5.75 Å². The quantitative estimate of drug-likeness (QED) is 0.211. The molecule has 0 saturated heterocycles. The number of methoxy groups -OCH3 is 1. The molecule has 214 valence electrons. The third-order valence-electron chi connectivity index (χ3n) is 6.36. The second-order valence-electron chi connectivity index (χ2n) is 10.2. The van der Waals surface area contributed by atoms with Gasteiger partial charge in [-0.05, 0) is 43.7 Å². The number of unbranched alkanes of at least 4 members (excludes halogenated alkanes) is 1. The first-order valence-corrected chi connectivity index (χ1v) is 13.4. The molecule has 0 aliphatic carbocycles. The minimum atomic E-state index is -1.15. The van der Waals surface area contributed by atoms with Gasteiger partial charge in [0, 0.05) is 26.3 Å². The summed E-state index contributed by atoms with van der Waals surface area (Å²) < 4.78 is 12.8. The number of aromatic nitrogens is 4. The van der Waals surface area contributed by atoms with E-state index < -0.39 is 18.1 Å². The van der Waals surface area contributed by atoms with E-state index in [1.165, 1.54) is 0 Å². The second-order valence-corrected chi connectivity index (χ2v) is 10.2. The zero-order valence-corrected chi connectivity index (χ0v) is 23.7. The third-order valence-corrected chi connectivity index (χ3v) is 6.36. The molecule has 0 aliphatic heterocycles. The fourth-order valence-electron chi connectivity index (χ4n) is 4.06. The highest BCUT2D eigenvalue weighted by Gasteiger charge is 2.28. The molecule has 0 radical (unpaired) electrons. The predicted octanol–water partition coefficient (Wildman–Crippen LogP) is 2.08. The van der Waals surface area contributed by atoms with Gasteiger partial charge in [0.15, 0.2) is 5.82 Å². The van der Waals surface area contributed by atoms with Gasteiger partial charge in [-0.15, -0.1) is 10.2 Å². The molecule has 2 aromatic heterocycles. The van der Waals surface area contributed by atoms with Crippen LogP contribution in [0, 0.1) is 18.8 Å². The van der Waals surface area contributed by atoms with E-state index in [1.807, 2.05) is 43.4 Å². The lowest BCUT2D eigenvalue weighted by molar-refractivity contribution is -0.136. The van der Waals surface area contributed by atoms with E-state index in [2.05, 4.69) is 26.1 Å². The van der Waals surface area contributed by atoms with Gasteiger partial charge in [0.2, 0.25) is 17.5 Å². The summed E-state index contributed by atoms with van der Waals surface area (Å²) in [5.41, 5.74) is 2.27. The molecular weight excluding hydrogens is 502 g/mol. The van der Waals surface area contributed by atoms with Gasteiger partial charge in [0.05, 0.1) is 17.6 Å². The van der Waals surface area contributed by atoms with Gasteiger partial charge in [-0.3, -0.25) is 14.0 Å². The minimum Gasteiger partial charge on any atom is -0.491 e. The summed E-state index contributed by atoms with van der Waals surface area (Å²) in [4.78, 5) is 29.7.